The Kier molecular flexibility index (Phi) is 3.38. The molecule has 0 atom stereocenters. The SMILES string of the molecule is NNC(=O)c1ccc(C=CC(=O)O)s1. The molecule has 0 aliphatic carbocycles. The summed E-state index contributed by atoms with van der Waals surface area (Å²) in [5, 5.41) is 8.36. The monoisotopic (exact) mass is 212 g/mol. The lowest BCUT2D eigenvalue weighted by Crippen LogP contribution is -2.29. The summed E-state index contributed by atoms with van der Waals surface area (Å²) < 4.78 is 0. The molecule has 1 rings (SSSR count). The second-order valence-corrected chi connectivity index (χ2v) is 3.46. The lowest BCUT2D eigenvalue weighted by atomic mass is 10.4. The number of aliphatic carboxylic acids is 1. The van der Waals surface area contributed by atoms with Crippen LogP contribution in [0, 0.1) is 0 Å². The number of hydrogen-bond acceptors (Lipinski definition) is 4. The Bertz CT molecular complexity index is 384. The van der Waals surface area contributed by atoms with Gasteiger partial charge in [0.25, 0.3) is 5.91 Å². The van der Waals surface area contributed by atoms with Gasteiger partial charge >= 0.3 is 5.97 Å². The molecule has 1 amide bonds. The summed E-state index contributed by atoms with van der Waals surface area (Å²) in [5.74, 6) is 3.52. The van der Waals surface area contributed by atoms with Gasteiger partial charge in [0.15, 0.2) is 0 Å². The molecule has 74 valence electrons. The first-order valence-corrected chi connectivity index (χ1v) is 4.47. The molecule has 0 aromatic carbocycles. The second kappa shape index (κ2) is 4.54. The number of carbonyl (C=O) groups excluding carboxylic acids is 1. The van der Waals surface area contributed by atoms with Gasteiger partial charge in [0, 0.05) is 11.0 Å². The van der Waals surface area contributed by atoms with Gasteiger partial charge in [-0.25, -0.2) is 10.6 Å². The first-order valence-electron chi connectivity index (χ1n) is 3.65. The number of carboxylic acid groups (broad SMARTS) is 1. The Hall–Kier alpha value is -1.66. The minimum absolute atomic E-state index is 0.384. The van der Waals surface area contributed by atoms with Gasteiger partial charge in [-0.05, 0) is 18.2 Å². The molecule has 0 aliphatic heterocycles. The minimum atomic E-state index is -1.02. The van der Waals surface area contributed by atoms with Crippen molar-refractivity contribution in [1.29, 1.82) is 0 Å². The van der Waals surface area contributed by atoms with Crippen molar-refractivity contribution in [2.45, 2.75) is 0 Å². The molecule has 0 bridgehead atoms. The fourth-order valence-electron chi connectivity index (χ4n) is 0.789. The predicted molar refractivity (Wildman–Crippen MR) is 52.6 cm³/mol. The molecule has 0 aliphatic rings. The molecule has 0 saturated heterocycles. The number of thiophene rings is 1. The van der Waals surface area contributed by atoms with Crippen molar-refractivity contribution in [2.24, 2.45) is 5.84 Å². The largest absolute Gasteiger partial charge is 0.478 e. The zero-order chi connectivity index (χ0) is 10.6. The van der Waals surface area contributed by atoms with Gasteiger partial charge in [-0.1, -0.05) is 0 Å². The Morgan fingerprint density at radius 1 is 1.50 bits per heavy atom. The number of hydrogen-bond donors (Lipinski definition) is 3. The summed E-state index contributed by atoms with van der Waals surface area (Å²) >= 11 is 1.17. The first kappa shape index (κ1) is 10.4. The van der Waals surface area contributed by atoms with Gasteiger partial charge in [0.1, 0.15) is 0 Å². The maximum absolute atomic E-state index is 11.0. The average Bonchev–Trinajstić information content (AvgIpc) is 2.62. The van der Waals surface area contributed by atoms with Crippen LogP contribution >= 0.6 is 11.3 Å². The van der Waals surface area contributed by atoms with Crippen LogP contribution < -0.4 is 11.3 Å². The number of carbonyl (C=O) groups is 2. The molecule has 0 fully saturated rings. The predicted octanol–water partition coefficient (Wildman–Crippen LogP) is 0.449. The van der Waals surface area contributed by atoms with Crippen LogP contribution in [-0.4, -0.2) is 17.0 Å². The number of nitrogens with one attached hydrogen (secondary N) is 1. The standard InChI is InChI=1S/C8H8N2O3S/c9-10-8(13)6-3-1-5(14-6)2-4-7(11)12/h1-4H,9H2,(H,10,13)(H,11,12). The number of nitrogens with two attached hydrogens (primary N) is 1. The molecule has 0 saturated carbocycles. The van der Waals surface area contributed by atoms with Gasteiger partial charge in [0.2, 0.25) is 0 Å². The van der Waals surface area contributed by atoms with Gasteiger partial charge in [-0.15, -0.1) is 11.3 Å². The van der Waals surface area contributed by atoms with Crippen molar-refractivity contribution in [3.05, 3.63) is 28.0 Å². The molecule has 5 nitrogen and oxygen atoms in total. The van der Waals surface area contributed by atoms with Gasteiger partial charge in [-0.2, -0.15) is 0 Å². The van der Waals surface area contributed by atoms with E-state index in [1.54, 1.807) is 12.1 Å². The molecule has 0 radical (unpaired) electrons. The highest BCUT2D eigenvalue weighted by Crippen LogP contribution is 2.17. The number of hydrazine groups is 1. The molecular weight excluding hydrogens is 204 g/mol. The van der Waals surface area contributed by atoms with E-state index in [0.29, 0.717) is 9.75 Å². The van der Waals surface area contributed by atoms with E-state index in [-0.39, 0.29) is 5.91 Å². The highest BCUT2D eigenvalue weighted by Gasteiger charge is 2.05. The van der Waals surface area contributed by atoms with Crippen LogP contribution in [0.25, 0.3) is 6.08 Å². The topological polar surface area (TPSA) is 92.4 Å². The number of amides is 1. The molecule has 14 heavy (non-hydrogen) atoms. The zero-order valence-corrected chi connectivity index (χ0v) is 7.88. The van der Waals surface area contributed by atoms with Gasteiger partial charge in [0.05, 0.1) is 4.88 Å². The summed E-state index contributed by atoms with van der Waals surface area (Å²) in [5.41, 5.74) is 1.99. The minimum Gasteiger partial charge on any atom is -0.478 e. The van der Waals surface area contributed by atoms with E-state index in [1.807, 2.05) is 5.43 Å². The van der Waals surface area contributed by atoms with Crippen LogP contribution in [0.3, 0.4) is 0 Å². The molecule has 1 heterocycles. The number of carboxylic acids is 1. The molecule has 0 spiro atoms. The molecule has 4 N–H and O–H groups in total. The fraction of sp³-hybridized carbons (Fsp3) is 0. The third kappa shape index (κ3) is 2.68. The third-order valence-electron chi connectivity index (χ3n) is 1.37. The van der Waals surface area contributed by atoms with Gasteiger partial charge < -0.3 is 5.11 Å². The van der Waals surface area contributed by atoms with Crippen molar-refractivity contribution in [3.63, 3.8) is 0 Å². The Morgan fingerprint density at radius 2 is 2.21 bits per heavy atom. The van der Waals surface area contributed by atoms with Crippen LogP contribution in [-0.2, 0) is 4.79 Å². The number of nitrogen functional groups attached to an aromatic ring is 1. The highest BCUT2D eigenvalue weighted by molar-refractivity contribution is 7.14. The van der Waals surface area contributed by atoms with Crippen LogP contribution in [0.15, 0.2) is 18.2 Å². The maximum atomic E-state index is 11.0. The summed E-state index contributed by atoms with van der Waals surface area (Å²) in [6, 6.07) is 3.23. The normalized spacial score (nSPS) is 10.4. The first-order chi connectivity index (χ1) is 6.63. The van der Waals surface area contributed by atoms with Crippen molar-refractivity contribution in [3.8, 4) is 0 Å². The van der Waals surface area contributed by atoms with E-state index in [0.717, 1.165) is 6.08 Å². The van der Waals surface area contributed by atoms with E-state index in [1.165, 1.54) is 17.4 Å². The molecule has 1 aromatic rings. The molecule has 0 unspecified atom stereocenters. The Balaban J connectivity index is 2.78. The summed E-state index contributed by atoms with van der Waals surface area (Å²) in [6.45, 7) is 0. The second-order valence-electron chi connectivity index (χ2n) is 2.35. The van der Waals surface area contributed by atoms with Crippen molar-refractivity contribution >= 4 is 29.3 Å². The molecular formula is C8H8N2O3S. The summed E-state index contributed by atoms with van der Waals surface area (Å²) in [7, 11) is 0. The van der Waals surface area contributed by atoms with Crippen molar-refractivity contribution in [1.82, 2.24) is 5.43 Å². The van der Waals surface area contributed by atoms with E-state index < -0.39 is 5.97 Å². The Labute approximate surface area is 83.8 Å². The van der Waals surface area contributed by atoms with Crippen LogP contribution in [0.4, 0.5) is 0 Å². The van der Waals surface area contributed by atoms with E-state index in [2.05, 4.69) is 0 Å². The van der Waals surface area contributed by atoms with E-state index in [4.69, 9.17) is 10.9 Å². The van der Waals surface area contributed by atoms with Crippen molar-refractivity contribution < 1.29 is 14.7 Å². The van der Waals surface area contributed by atoms with Gasteiger partial charge in [-0.3, -0.25) is 10.2 Å². The third-order valence-corrected chi connectivity index (χ3v) is 2.42. The number of rotatable bonds is 3. The lowest BCUT2D eigenvalue weighted by molar-refractivity contribution is -0.131. The highest BCUT2D eigenvalue weighted by atomic mass is 32.1. The average molecular weight is 212 g/mol. The fourth-order valence-corrected chi connectivity index (χ4v) is 1.60. The van der Waals surface area contributed by atoms with E-state index in [9.17, 15) is 9.59 Å². The van der Waals surface area contributed by atoms with E-state index >= 15 is 0 Å². The molecule has 6 heteroatoms. The van der Waals surface area contributed by atoms with Crippen molar-refractivity contribution in [2.75, 3.05) is 0 Å². The summed E-state index contributed by atoms with van der Waals surface area (Å²) in [6.07, 6.45) is 2.43. The molecule has 1 aromatic heterocycles. The Morgan fingerprint density at radius 3 is 2.79 bits per heavy atom. The quantitative estimate of drug-likeness (QED) is 0.293. The smallest absolute Gasteiger partial charge is 0.328 e. The lowest BCUT2D eigenvalue weighted by Gasteiger charge is -1.91. The maximum Gasteiger partial charge on any atom is 0.328 e. The van der Waals surface area contributed by atoms with Crippen LogP contribution in [0.2, 0.25) is 0 Å². The zero-order valence-electron chi connectivity index (χ0n) is 7.06. The van der Waals surface area contributed by atoms with Crippen LogP contribution in [0.5, 0.6) is 0 Å². The van der Waals surface area contributed by atoms with Crippen LogP contribution in [0.1, 0.15) is 14.5 Å². The summed E-state index contributed by atoms with van der Waals surface area (Å²) in [4.78, 5) is 22.3.